The second kappa shape index (κ2) is 9.22. The molecular weight excluding hydrogens is 418 g/mol. The van der Waals surface area contributed by atoms with Crippen LogP contribution >= 0.6 is 11.8 Å². The van der Waals surface area contributed by atoms with E-state index in [0.29, 0.717) is 16.5 Å². The number of aliphatic hydroxyl groups excluding tert-OH is 3. The molecule has 13 heteroatoms. The summed E-state index contributed by atoms with van der Waals surface area (Å²) in [6.45, 7) is 7.43. The molecule has 0 bridgehead atoms. The Bertz CT molecular complexity index is 813. The van der Waals surface area contributed by atoms with E-state index in [1.54, 1.807) is 13.8 Å². The fourth-order valence-electron chi connectivity index (χ4n) is 3.05. The second-order valence-corrected chi connectivity index (χ2v) is 7.55. The number of nitrogens with zero attached hydrogens (tertiary/aromatic N) is 4. The Balaban J connectivity index is 1.85. The van der Waals surface area contributed by atoms with Gasteiger partial charge in [-0.1, -0.05) is 18.3 Å². The molecule has 30 heavy (non-hydrogen) atoms. The fraction of sp³-hybridized carbons (Fsp3) is 0.588. The van der Waals surface area contributed by atoms with Gasteiger partial charge in [0.1, 0.15) is 23.2 Å². The Labute approximate surface area is 177 Å². The summed E-state index contributed by atoms with van der Waals surface area (Å²) in [5, 5.41) is 30.2. The molecule has 2 aliphatic rings. The molecule has 1 saturated heterocycles. The van der Waals surface area contributed by atoms with Crippen LogP contribution in [0.4, 0.5) is 16.6 Å². The van der Waals surface area contributed by atoms with Gasteiger partial charge in [-0.2, -0.15) is 9.97 Å². The highest BCUT2D eigenvalue weighted by molar-refractivity contribution is 8.03. The van der Waals surface area contributed by atoms with E-state index in [4.69, 9.17) is 19.9 Å². The maximum absolute atomic E-state index is 12.0. The summed E-state index contributed by atoms with van der Waals surface area (Å²) in [4.78, 5) is 23.5. The standard InChI is InChI=1S/C17H25N5O7S/c1-4-21(17(26)27-5-2)7-28-14-12-13(19-16(18)20-14)22(8(3)30-12)15-11(25)10(24)9(6-23)29-15/h9-11,15,23-25H,3-7H2,1-2H3,(H2,18,19,20)/t9-,10-,11-,15-/m1/s1. The van der Waals surface area contributed by atoms with Crippen LogP contribution < -0.4 is 15.4 Å². The van der Waals surface area contributed by atoms with Crippen LogP contribution in [0.2, 0.25) is 0 Å². The van der Waals surface area contributed by atoms with E-state index in [0.717, 1.165) is 0 Å². The van der Waals surface area contributed by atoms with Crippen LogP contribution in [0.3, 0.4) is 0 Å². The van der Waals surface area contributed by atoms with E-state index in [2.05, 4.69) is 16.5 Å². The molecule has 0 aliphatic carbocycles. The van der Waals surface area contributed by atoms with Crippen LogP contribution in [-0.4, -0.2) is 87.3 Å². The number of anilines is 2. The summed E-state index contributed by atoms with van der Waals surface area (Å²) in [5.41, 5.74) is 5.83. The molecule has 3 rings (SSSR count). The fourth-order valence-corrected chi connectivity index (χ4v) is 4.00. The number of hydrogen-bond acceptors (Lipinski definition) is 12. The van der Waals surface area contributed by atoms with E-state index in [1.807, 2.05) is 0 Å². The zero-order valence-electron chi connectivity index (χ0n) is 16.6. The third-order valence-electron chi connectivity index (χ3n) is 4.59. The largest absolute Gasteiger partial charge is 0.455 e. The minimum atomic E-state index is -1.31. The van der Waals surface area contributed by atoms with Crippen molar-refractivity contribution < 1.29 is 34.3 Å². The molecule has 12 nitrogen and oxygen atoms in total. The molecule has 0 unspecified atom stereocenters. The maximum Gasteiger partial charge on any atom is 0.412 e. The number of rotatable bonds is 7. The lowest BCUT2D eigenvalue weighted by Gasteiger charge is -2.27. The molecule has 166 valence electrons. The van der Waals surface area contributed by atoms with Crippen LogP contribution in [-0.2, 0) is 9.47 Å². The second-order valence-electron chi connectivity index (χ2n) is 6.46. The van der Waals surface area contributed by atoms with Crippen molar-refractivity contribution in [3.63, 3.8) is 0 Å². The number of carbonyl (C=O) groups excluding carboxylic acids is 1. The van der Waals surface area contributed by atoms with Gasteiger partial charge in [-0.25, -0.2) is 4.79 Å². The third-order valence-corrected chi connectivity index (χ3v) is 5.58. The Kier molecular flexibility index (Phi) is 6.88. The number of thioether (sulfide) groups is 1. The molecule has 0 spiro atoms. The minimum absolute atomic E-state index is 0.102. The lowest BCUT2D eigenvalue weighted by atomic mass is 10.1. The summed E-state index contributed by atoms with van der Waals surface area (Å²) in [5.74, 6) is 0.303. The lowest BCUT2D eigenvalue weighted by molar-refractivity contribution is -0.0205. The molecule has 5 N–H and O–H groups in total. The van der Waals surface area contributed by atoms with Crippen LogP contribution in [0.1, 0.15) is 13.8 Å². The van der Waals surface area contributed by atoms with Crippen molar-refractivity contribution in [2.75, 3.05) is 37.1 Å². The predicted octanol–water partition coefficient (Wildman–Crippen LogP) is -0.304. The Morgan fingerprint density at radius 2 is 2.10 bits per heavy atom. The average molecular weight is 443 g/mol. The summed E-state index contributed by atoms with van der Waals surface area (Å²) in [6.07, 6.45) is -5.11. The summed E-state index contributed by atoms with van der Waals surface area (Å²) >= 11 is 1.17. The van der Waals surface area contributed by atoms with Gasteiger partial charge in [0, 0.05) is 6.54 Å². The van der Waals surface area contributed by atoms with Crippen LogP contribution in [0.15, 0.2) is 16.5 Å². The molecule has 2 aliphatic heterocycles. The number of carbonyl (C=O) groups is 1. The summed E-state index contributed by atoms with van der Waals surface area (Å²) < 4.78 is 16.3. The number of aromatic nitrogens is 2. The molecule has 0 radical (unpaired) electrons. The lowest BCUT2D eigenvalue weighted by Crippen LogP contribution is -2.42. The SMILES string of the molecule is C=C1Sc2c(OCN(CC)C(=O)OCC)nc(N)nc2N1[C@@H]1O[C@H](CO)[C@@H](O)[C@H]1O. The third kappa shape index (κ3) is 4.11. The first-order valence-corrected chi connectivity index (χ1v) is 10.1. The molecular formula is C17H25N5O7S. The van der Waals surface area contributed by atoms with Crippen LogP contribution in [0.5, 0.6) is 5.88 Å². The van der Waals surface area contributed by atoms with Gasteiger partial charge in [-0.15, -0.1) is 0 Å². The van der Waals surface area contributed by atoms with Gasteiger partial charge in [-0.3, -0.25) is 9.80 Å². The first kappa shape index (κ1) is 22.4. The summed E-state index contributed by atoms with van der Waals surface area (Å²) in [6, 6.07) is 0. The van der Waals surface area contributed by atoms with Crippen molar-refractivity contribution >= 4 is 29.6 Å². The van der Waals surface area contributed by atoms with Gasteiger partial charge in [0.25, 0.3) is 0 Å². The molecule has 1 aromatic rings. The number of aliphatic hydroxyl groups is 3. The Morgan fingerprint density at radius 3 is 2.70 bits per heavy atom. The number of ether oxygens (including phenoxy) is 3. The van der Waals surface area contributed by atoms with Gasteiger partial charge in [-0.05, 0) is 13.8 Å². The van der Waals surface area contributed by atoms with E-state index < -0.39 is 37.2 Å². The highest BCUT2D eigenvalue weighted by Crippen LogP contribution is 2.50. The Morgan fingerprint density at radius 1 is 1.37 bits per heavy atom. The van der Waals surface area contributed by atoms with E-state index in [-0.39, 0.29) is 31.0 Å². The molecule has 1 aromatic heterocycles. The van der Waals surface area contributed by atoms with E-state index in [1.165, 1.54) is 21.6 Å². The van der Waals surface area contributed by atoms with Crippen LogP contribution in [0, 0.1) is 0 Å². The quantitative estimate of drug-likeness (QED) is 0.407. The highest BCUT2D eigenvalue weighted by Gasteiger charge is 2.49. The van der Waals surface area contributed by atoms with Crippen molar-refractivity contribution in [1.29, 1.82) is 0 Å². The first-order valence-electron chi connectivity index (χ1n) is 9.32. The van der Waals surface area contributed by atoms with Crippen molar-refractivity contribution in [3.05, 3.63) is 11.6 Å². The van der Waals surface area contributed by atoms with Crippen molar-refractivity contribution in [3.8, 4) is 5.88 Å². The zero-order valence-corrected chi connectivity index (χ0v) is 17.4. The first-order chi connectivity index (χ1) is 14.3. The number of nitrogen functional groups attached to an aromatic ring is 1. The van der Waals surface area contributed by atoms with Gasteiger partial charge in [0.05, 0.1) is 18.2 Å². The number of amides is 1. The smallest absolute Gasteiger partial charge is 0.412 e. The van der Waals surface area contributed by atoms with Crippen molar-refractivity contribution in [2.24, 2.45) is 0 Å². The summed E-state index contributed by atoms with van der Waals surface area (Å²) in [7, 11) is 0. The molecule has 1 fully saturated rings. The normalized spacial score (nSPS) is 25.4. The van der Waals surface area contributed by atoms with Crippen molar-refractivity contribution in [1.82, 2.24) is 14.9 Å². The number of nitrogens with two attached hydrogens (primary N) is 1. The monoisotopic (exact) mass is 443 g/mol. The maximum atomic E-state index is 12.0. The van der Waals surface area contributed by atoms with Gasteiger partial charge < -0.3 is 35.3 Å². The van der Waals surface area contributed by atoms with Crippen LogP contribution in [0.25, 0.3) is 0 Å². The van der Waals surface area contributed by atoms with E-state index >= 15 is 0 Å². The molecule has 1 amide bonds. The molecule has 0 saturated carbocycles. The number of fused-ring (bicyclic) bond motifs is 1. The van der Waals surface area contributed by atoms with Gasteiger partial charge in [0.2, 0.25) is 11.8 Å². The molecule has 3 heterocycles. The van der Waals surface area contributed by atoms with Gasteiger partial charge in [0.15, 0.2) is 18.8 Å². The number of hydrogen-bond donors (Lipinski definition) is 4. The van der Waals surface area contributed by atoms with E-state index in [9.17, 15) is 20.1 Å². The molecule has 0 aromatic carbocycles. The average Bonchev–Trinajstić information content (AvgIpc) is 3.18. The topological polar surface area (TPSA) is 164 Å². The Hall–Kier alpha value is -2.32. The predicted molar refractivity (Wildman–Crippen MR) is 107 cm³/mol. The van der Waals surface area contributed by atoms with Gasteiger partial charge >= 0.3 is 6.09 Å². The zero-order chi connectivity index (χ0) is 22.0. The van der Waals surface area contributed by atoms with Crippen molar-refractivity contribution in [2.45, 2.75) is 43.3 Å². The minimum Gasteiger partial charge on any atom is -0.455 e. The molecule has 4 atom stereocenters. The highest BCUT2D eigenvalue weighted by atomic mass is 32.2.